The number of aliphatic carboxylic acids is 1. The molecular formula is C22H27NO5. The molecule has 1 atom stereocenters. The summed E-state index contributed by atoms with van der Waals surface area (Å²) in [5.41, 5.74) is 0.760. The Balaban J connectivity index is 2.50. The summed E-state index contributed by atoms with van der Waals surface area (Å²) < 4.78 is 10.8. The molecule has 0 aromatic heterocycles. The number of amides is 1. The van der Waals surface area contributed by atoms with Crippen LogP contribution in [0.1, 0.15) is 45.2 Å². The number of carboxylic acid groups (broad SMARTS) is 1. The van der Waals surface area contributed by atoms with Gasteiger partial charge in [-0.15, -0.1) is 0 Å². The summed E-state index contributed by atoms with van der Waals surface area (Å²) in [6, 6.07) is 15.9. The van der Waals surface area contributed by atoms with E-state index in [2.05, 4.69) is 0 Å². The zero-order valence-electron chi connectivity index (χ0n) is 16.7. The Labute approximate surface area is 165 Å². The Morgan fingerprint density at radius 2 is 1.64 bits per heavy atom. The molecule has 0 aliphatic rings. The molecule has 0 saturated heterocycles. The van der Waals surface area contributed by atoms with Crippen molar-refractivity contribution < 1.29 is 24.2 Å². The van der Waals surface area contributed by atoms with E-state index in [1.807, 2.05) is 30.3 Å². The molecule has 0 aliphatic heterocycles. The number of methoxy groups -OCH3 is 1. The first-order chi connectivity index (χ1) is 13.2. The van der Waals surface area contributed by atoms with E-state index in [9.17, 15) is 14.7 Å². The third-order valence-corrected chi connectivity index (χ3v) is 4.07. The second-order valence-electron chi connectivity index (χ2n) is 7.41. The predicted molar refractivity (Wildman–Crippen MR) is 108 cm³/mol. The first-order valence-corrected chi connectivity index (χ1v) is 9.14. The Bertz CT molecular complexity index is 781. The number of carbonyl (C=O) groups is 2. The zero-order valence-corrected chi connectivity index (χ0v) is 16.7. The maximum Gasteiger partial charge on any atom is 0.415 e. The molecule has 6 nitrogen and oxygen atoms in total. The Morgan fingerprint density at radius 1 is 1.04 bits per heavy atom. The van der Waals surface area contributed by atoms with Gasteiger partial charge in [-0.2, -0.15) is 0 Å². The van der Waals surface area contributed by atoms with Crippen molar-refractivity contribution in [3.05, 3.63) is 60.2 Å². The summed E-state index contributed by atoms with van der Waals surface area (Å²) in [5, 5.41) is 9.20. The minimum Gasteiger partial charge on any atom is -0.497 e. The lowest BCUT2D eigenvalue weighted by molar-refractivity contribution is -0.137. The number of rotatable bonds is 7. The zero-order chi connectivity index (χ0) is 20.7. The topological polar surface area (TPSA) is 76.1 Å². The third-order valence-electron chi connectivity index (χ3n) is 4.07. The van der Waals surface area contributed by atoms with Crippen LogP contribution in [0, 0.1) is 0 Å². The van der Waals surface area contributed by atoms with Crippen molar-refractivity contribution >= 4 is 17.7 Å². The fraction of sp³-hybridized carbons (Fsp3) is 0.364. The predicted octanol–water partition coefficient (Wildman–Crippen LogP) is 5.04. The molecule has 0 saturated carbocycles. The second-order valence-corrected chi connectivity index (χ2v) is 7.41. The first kappa shape index (κ1) is 21.3. The van der Waals surface area contributed by atoms with Gasteiger partial charge >= 0.3 is 12.1 Å². The quantitative estimate of drug-likeness (QED) is 0.722. The van der Waals surface area contributed by atoms with Crippen molar-refractivity contribution in [1.29, 1.82) is 0 Å². The van der Waals surface area contributed by atoms with Crippen LogP contribution < -0.4 is 9.64 Å². The minimum absolute atomic E-state index is 0.0744. The van der Waals surface area contributed by atoms with Crippen LogP contribution >= 0.6 is 0 Å². The molecule has 0 aliphatic carbocycles. The highest BCUT2D eigenvalue weighted by Crippen LogP contribution is 2.33. The van der Waals surface area contributed by atoms with Crippen LogP contribution in [0.5, 0.6) is 5.75 Å². The molecule has 0 heterocycles. The lowest BCUT2D eigenvalue weighted by Crippen LogP contribution is -2.39. The van der Waals surface area contributed by atoms with Crippen molar-refractivity contribution in [2.45, 2.75) is 45.3 Å². The van der Waals surface area contributed by atoms with Gasteiger partial charge in [-0.25, -0.2) is 4.79 Å². The van der Waals surface area contributed by atoms with Gasteiger partial charge in [-0.05, 0) is 57.0 Å². The smallest absolute Gasteiger partial charge is 0.415 e. The van der Waals surface area contributed by atoms with E-state index in [1.54, 1.807) is 52.1 Å². The van der Waals surface area contributed by atoms with Gasteiger partial charge in [-0.3, -0.25) is 9.69 Å². The molecule has 2 aromatic carbocycles. The highest BCUT2D eigenvalue weighted by atomic mass is 16.6. The Kier molecular flexibility index (Phi) is 7.04. The standard InChI is InChI=1S/C22H27NO5/c1-22(2,3)28-21(26)23(17-10-12-18(27-4)13-11-17)19(14-15-20(24)25)16-8-6-5-7-9-16/h5-13,19H,14-15H2,1-4H3,(H,24,25)/t19-/m0/s1. The highest BCUT2D eigenvalue weighted by Gasteiger charge is 2.31. The largest absolute Gasteiger partial charge is 0.497 e. The molecule has 150 valence electrons. The molecule has 28 heavy (non-hydrogen) atoms. The SMILES string of the molecule is COc1ccc(N(C(=O)OC(C)(C)C)[C@@H](CCC(=O)O)c2ccccc2)cc1. The molecule has 2 aromatic rings. The normalized spacial score (nSPS) is 12.1. The molecule has 0 spiro atoms. The molecule has 0 fully saturated rings. The van der Waals surface area contributed by atoms with E-state index in [0.29, 0.717) is 11.4 Å². The molecule has 1 amide bonds. The van der Waals surface area contributed by atoms with Gasteiger partial charge in [-0.1, -0.05) is 30.3 Å². The van der Waals surface area contributed by atoms with Gasteiger partial charge in [0.2, 0.25) is 0 Å². The van der Waals surface area contributed by atoms with Gasteiger partial charge in [0, 0.05) is 12.1 Å². The second kappa shape index (κ2) is 9.26. The van der Waals surface area contributed by atoms with E-state index in [1.165, 1.54) is 4.90 Å². The number of hydrogen-bond donors (Lipinski definition) is 1. The lowest BCUT2D eigenvalue weighted by Gasteiger charge is -2.34. The third kappa shape index (κ3) is 6.01. The number of carboxylic acids is 1. The van der Waals surface area contributed by atoms with Crippen LogP contribution in [0.3, 0.4) is 0 Å². The monoisotopic (exact) mass is 385 g/mol. The first-order valence-electron chi connectivity index (χ1n) is 9.14. The molecular weight excluding hydrogens is 358 g/mol. The summed E-state index contributed by atoms with van der Waals surface area (Å²) in [6.07, 6.45) is -0.350. The summed E-state index contributed by atoms with van der Waals surface area (Å²) >= 11 is 0. The molecule has 0 bridgehead atoms. The Hall–Kier alpha value is -3.02. The number of nitrogens with zero attached hydrogens (tertiary/aromatic N) is 1. The van der Waals surface area contributed by atoms with Gasteiger partial charge in [0.1, 0.15) is 11.4 Å². The number of hydrogen-bond acceptors (Lipinski definition) is 4. The molecule has 2 rings (SSSR count). The van der Waals surface area contributed by atoms with Crippen LogP contribution in [0.25, 0.3) is 0 Å². The molecule has 0 radical (unpaired) electrons. The number of anilines is 1. The van der Waals surface area contributed by atoms with Gasteiger partial charge in [0.25, 0.3) is 0 Å². The van der Waals surface area contributed by atoms with E-state index in [0.717, 1.165) is 5.56 Å². The summed E-state index contributed by atoms with van der Waals surface area (Å²) in [4.78, 5) is 25.8. The number of carbonyl (C=O) groups excluding carboxylic acids is 1. The fourth-order valence-electron chi connectivity index (χ4n) is 2.85. The van der Waals surface area contributed by atoms with Gasteiger partial charge in [0.15, 0.2) is 0 Å². The molecule has 0 unspecified atom stereocenters. The highest BCUT2D eigenvalue weighted by molar-refractivity contribution is 5.89. The molecule has 1 N–H and O–H groups in total. The van der Waals surface area contributed by atoms with E-state index in [4.69, 9.17) is 9.47 Å². The minimum atomic E-state index is -0.917. The fourth-order valence-corrected chi connectivity index (χ4v) is 2.85. The van der Waals surface area contributed by atoms with Crippen LogP contribution in [-0.2, 0) is 9.53 Å². The number of ether oxygens (including phenoxy) is 2. The maximum atomic E-state index is 13.1. The van der Waals surface area contributed by atoms with Crippen LogP contribution in [0.4, 0.5) is 10.5 Å². The average molecular weight is 385 g/mol. The number of benzene rings is 2. The van der Waals surface area contributed by atoms with Gasteiger partial charge in [0.05, 0.1) is 13.2 Å². The van der Waals surface area contributed by atoms with Crippen LogP contribution in [-0.4, -0.2) is 29.9 Å². The average Bonchev–Trinajstić information content (AvgIpc) is 2.64. The molecule has 6 heteroatoms. The van der Waals surface area contributed by atoms with Crippen molar-refractivity contribution in [3.8, 4) is 5.75 Å². The lowest BCUT2D eigenvalue weighted by atomic mass is 9.99. The summed E-state index contributed by atoms with van der Waals surface area (Å²) in [6.45, 7) is 5.39. The Morgan fingerprint density at radius 3 is 2.14 bits per heavy atom. The van der Waals surface area contributed by atoms with Gasteiger partial charge < -0.3 is 14.6 Å². The van der Waals surface area contributed by atoms with E-state index >= 15 is 0 Å². The van der Waals surface area contributed by atoms with Crippen molar-refractivity contribution in [1.82, 2.24) is 0 Å². The van der Waals surface area contributed by atoms with Crippen molar-refractivity contribution in [3.63, 3.8) is 0 Å². The van der Waals surface area contributed by atoms with E-state index < -0.39 is 23.7 Å². The van der Waals surface area contributed by atoms with Crippen LogP contribution in [0.15, 0.2) is 54.6 Å². The van der Waals surface area contributed by atoms with Crippen molar-refractivity contribution in [2.75, 3.05) is 12.0 Å². The van der Waals surface area contributed by atoms with E-state index in [-0.39, 0.29) is 12.8 Å². The van der Waals surface area contributed by atoms with Crippen molar-refractivity contribution in [2.24, 2.45) is 0 Å². The summed E-state index contributed by atoms with van der Waals surface area (Å²) in [7, 11) is 1.57. The summed E-state index contributed by atoms with van der Waals surface area (Å²) in [5.74, 6) is -0.255. The van der Waals surface area contributed by atoms with Crippen LogP contribution in [0.2, 0.25) is 0 Å². The maximum absolute atomic E-state index is 13.1.